The third-order valence-corrected chi connectivity index (χ3v) is 14.5. The summed E-state index contributed by atoms with van der Waals surface area (Å²) < 4.78 is 0. The topological polar surface area (TPSA) is 3.24 Å². The van der Waals surface area contributed by atoms with Crippen LogP contribution in [0.1, 0.15) is 126 Å². The van der Waals surface area contributed by atoms with E-state index >= 15 is 0 Å². The fourth-order valence-corrected chi connectivity index (χ4v) is 14.1. The molecule has 1 heterocycles. The molecule has 0 aliphatic carbocycles. The highest BCUT2D eigenvalue weighted by Crippen LogP contribution is 2.67. The quantitative estimate of drug-likeness (QED) is 0.394. The van der Waals surface area contributed by atoms with E-state index in [-0.39, 0.29) is 11.0 Å². The SMILES string of the molecule is CC(C)c1cccc(C(C)C)c1N1C(=P(C(C)C)(C(C)C)C(C)C)C(C)(C)CC1(C)C. The normalized spacial score (nSPS) is 19.1. The summed E-state index contributed by atoms with van der Waals surface area (Å²) in [6.07, 6.45) is 1.22. The van der Waals surface area contributed by atoms with Crippen molar-refractivity contribution in [3.63, 3.8) is 0 Å². The summed E-state index contributed by atoms with van der Waals surface area (Å²) in [6.45, 7) is 33.2. The molecule has 0 atom stereocenters. The molecular weight excluding hydrogens is 393 g/mol. The summed E-state index contributed by atoms with van der Waals surface area (Å²) in [5.74, 6) is 1.03. The summed E-state index contributed by atoms with van der Waals surface area (Å²) in [5.41, 5.74) is 8.73. The van der Waals surface area contributed by atoms with Gasteiger partial charge in [0.05, 0.1) is 0 Å². The van der Waals surface area contributed by atoms with Crippen molar-refractivity contribution in [1.82, 2.24) is 0 Å². The van der Waals surface area contributed by atoms with Gasteiger partial charge in [-0.05, 0) is 60.2 Å². The van der Waals surface area contributed by atoms with Gasteiger partial charge in [0.2, 0.25) is 0 Å². The first kappa shape index (κ1) is 26.6. The van der Waals surface area contributed by atoms with Gasteiger partial charge in [0.15, 0.2) is 0 Å². The number of para-hydroxylation sites is 1. The minimum atomic E-state index is -1.44. The molecule has 2 rings (SSSR count). The minimum absolute atomic E-state index is 0.109. The van der Waals surface area contributed by atoms with Crippen molar-refractivity contribution in [3.8, 4) is 0 Å². The van der Waals surface area contributed by atoms with Gasteiger partial charge in [0.1, 0.15) is 0 Å². The van der Waals surface area contributed by atoms with Crippen LogP contribution < -0.4 is 4.90 Å². The average molecular weight is 446 g/mol. The molecule has 1 fully saturated rings. The van der Waals surface area contributed by atoms with Gasteiger partial charge in [-0.15, -0.1) is 0 Å². The Kier molecular flexibility index (Phi) is 7.65. The fourth-order valence-electron chi connectivity index (χ4n) is 7.23. The Morgan fingerprint density at radius 2 is 1.10 bits per heavy atom. The van der Waals surface area contributed by atoms with Gasteiger partial charge in [-0.1, -0.05) is 108 Å². The summed E-state index contributed by atoms with van der Waals surface area (Å²) >= 11 is 0. The molecule has 1 aliphatic rings. The Bertz CT molecular complexity index is 782. The minimum Gasteiger partial charge on any atom is -0.339 e. The first-order chi connectivity index (χ1) is 14.0. The van der Waals surface area contributed by atoms with Crippen LogP contribution in [-0.4, -0.2) is 27.9 Å². The molecule has 2 heteroatoms. The zero-order valence-electron chi connectivity index (χ0n) is 23.2. The van der Waals surface area contributed by atoms with Crippen molar-refractivity contribution in [2.24, 2.45) is 5.41 Å². The monoisotopic (exact) mass is 445 g/mol. The van der Waals surface area contributed by atoms with Gasteiger partial charge in [-0.2, -0.15) is 0 Å². The van der Waals surface area contributed by atoms with E-state index in [0.717, 1.165) is 0 Å². The summed E-state index contributed by atoms with van der Waals surface area (Å²) in [4.78, 5) is 2.91. The molecule has 0 unspecified atom stereocenters. The van der Waals surface area contributed by atoms with Crippen LogP contribution in [0.15, 0.2) is 18.2 Å². The number of hydrogen-bond donors (Lipinski definition) is 0. The van der Waals surface area contributed by atoms with E-state index in [4.69, 9.17) is 0 Å². The number of benzene rings is 1. The second kappa shape index (κ2) is 8.93. The molecule has 0 radical (unpaired) electrons. The lowest BCUT2D eigenvalue weighted by molar-refractivity contribution is 0.405. The van der Waals surface area contributed by atoms with Crippen LogP contribution >= 0.6 is 6.89 Å². The number of anilines is 1. The average Bonchev–Trinajstić information content (AvgIpc) is 2.77. The van der Waals surface area contributed by atoms with Crippen LogP contribution in [-0.2, 0) is 0 Å². The molecule has 1 nitrogen and oxygen atoms in total. The fraction of sp³-hybridized carbons (Fsp3) is 0.759. The molecule has 31 heavy (non-hydrogen) atoms. The van der Waals surface area contributed by atoms with E-state index in [1.807, 2.05) is 0 Å². The van der Waals surface area contributed by atoms with Crippen LogP contribution in [0.25, 0.3) is 0 Å². The van der Waals surface area contributed by atoms with Gasteiger partial charge in [0.25, 0.3) is 0 Å². The van der Waals surface area contributed by atoms with E-state index in [9.17, 15) is 0 Å². The maximum absolute atomic E-state index is 2.91. The molecular formula is C29H52NP. The van der Waals surface area contributed by atoms with Crippen molar-refractivity contribution in [3.05, 3.63) is 29.3 Å². The summed E-state index contributed by atoms with van der Waals surface area (Å²) in [5, 5.41) is 0. The van der Waals surface area contributed by atoms with E-state index in [1.165, 1.54) is 23.2 Å². The molecule has 0 N–H and O–H groups in total. The Balaban J connectivity index is 3.19. The van der Waals surface area contributed by atoms with Gasteiger partial charge in [-0.25, -0.2) is 0 Å². The summed E-state index contributed by atoms with van der Waals surface area (Å²) in [7, 11) is 0. The highest BCUT2D eigenvalue weighted by molar-refractivity contribution is 7.78. The van der Waals surface area contributed by atoms with Crippen LogP contribution in [0.2, 0.25) is 0 Å². The van der Waals surface area contributed by atoms with Crippen molar-refractivity contribution in [1.29, 1.82) is 0 Å². The molecule has 1 aliphatic heterocycles. The molecule has 0 aromatic heterocycles. The lowest BCUT2D eigenvalue weighted by Crippen LogP contribution is -2.45. The molecule has 0 amide bonds. The van der Waals surface area contributed by atoms with Crippen LogP contribution in [0.3, 0.4) is 0 Å². The Hall–Kier alpha value is -0.680. The number of rotatable bonds is 6. The van der Waals surface area contributed by atoms with Crippen LogP contribution in [0, 0.1) is 5.41 Å². The lowest BCUT2D eigenvalue weighted by Gasteiger charge is -2.49. The molecule has 0 spiro atoms. The first-order valence-electron chi connectivity index (χ1n) is 12.7. The first-order valence-corrected chi connectivity index (χ1v) is 14.7. The maximum Gasteiger partial charge on any atom is 0.0484 e. The molecule has 0 bridgehead atoms. The predicted octanol–water partition coefficient (Wildman–Crippen LogP) is 9.32. The Morgan fingerprint density at radius 1 is 0.710 bits per heavy atom. The third-order valence-electron chi connectivity index (χ3n) is 7.79. The van der Waals surface area contributed by atoms with Crippen LogP contribution in [0.5, 0.6) is 0 Å². The lowest BCUT2D eigenvalue weighted by atomic mass is 9.85. The van der Waals surface area contributed by atoms with E-state index in [0.29, 0.717) is 28.8 Å². The van der Waals surface area contributed by atoms with Gasteiger partial charge in [0, 0.05) is 22.1 Å². The zero-order valence-corrected chi connectivity index (χ0v) is 24.1. The van der Waals surface area contributed by atoms with E-state index in [1.54, 1.807) is 5.42 Å². The zero-order chi connectivity index (χ0) is 24.1. The van der Waals surface area contributed by atoms with Crippen molar-refractivity contribution < 1.29 is 0 Å². The Labute approximate surface area is 195 Å². The highest BCUT2D eigenvalue weighted by Gasteiger charge is 2.53. The van der Waals surface area contributed by atoms with E-state index in [2.05, 4.69) is 120 Å². The largest absolute Gasteiger partial charge is 0.339 e. The molecule has 0 saturated carbocycles. The van der Waals surface area contributed by atoms with Crippen molar-refractivity contribution in [2.45, 2.75) is 138 Å². The molecule has 1 aromatic carbocycles. The summed E-state index contributed by atoms with van der Waals surface area (Å²) in [6, 6.07) is 7.08. The third kappa shape index (κ3) is 4.30. The van der Waals surface area contributed by atoms with Crippen molar-refractivity contribution in [2.75, 3.05) is 4.90 Å². The predicted molar refractivity (Wildman–Crippen MR) is 147 cm³/mol. The van der Waals surface area contributed by atoms with Crippen molar-refractivity contribution >= 4 is 18.0 Å². The number of nitrogens with zero attached hydrogens (tertiary/aromatic N) is 1. The standard InChI is InChI=1S/C29H52NP/c1-19(2)24-16-15-17-25(20(3)4)26(24)30-27(28(11,12)18-29(30,13)14)31(21(5)6,22(7)8)23(9)10/h15-17,19-23H,18H2,1-14H3. The molecule has 178 valence electrons. The Morgan fingerprint density at radius 3 is 1.42 bits per heavy atom. The second-order valence-corrected chi connectivity index (χ2v) is 17.9. The number of hydrogen-bond acceptors (Lipinski definition) is 0. The van der Waals surface area contributed by atoms with E-state index < -0.39 is 6.89 Å². The smallest absolute Gasteiger partial charge is 0.0484 e. The van der Waals surface area contributed by atoms with Gasteiger partial charge >= 0.3 is 0 Å². The van der Waals surface area contributed by atoms with Gasteiger partial charge in [-0.3, -0.25) is 0 Å². The maximum atomic E-state index is 2.91. The highest BCUT2D eigenvalue weighted by atomic mass is 31.2. The van der Waals surface area contributed by atoms with Gasteiger partial charge < -0.3 is 4.90 Å². The molecule has 1 aromatic rings. The second-order valence-electron chi connectivity index (χ2n) is 12.7. The molecule has 1 saturated heterocycles. The van der Waals surface area contributed by atoms with Crippen LogP contribution in [0.4, 0.5) is 5.69 Å².